The number of rotatable bonds is 4. The smallest absolute Gasteiger partial charge is 0.148 e. The first-order valence-electron chi connectivity index (χ1n) is 12.7. The molecule has 4 heteroatoms. The largest absolute Gasteiger partial charge is 0.230 e. The van der Waals surface area contributed by atoms with Crippen LogP contribution in [0.5, 0.6) is 0 Å². The highest BCUT2D eigenvalue weighted by Gasteiger charge is 2.57. The zero-order valence-corrected chi connectivity index (χ0v) is 19.2. The van der Waals surface area contributed by atoms with Gasteiger partial charge >= 0.3 is 0 Å². The van der Waals surface area contributed by atoms with Crippen molar-refractivity contribution in [1.29, 1.82) is 0 Å². The van der Waals surface area contributed by atoms with E-state index in [0.717, 1.165) is 53.8 Å². The van der Waals surface area contributed by atoms with Crippen molar-refractivity contribution in [2.24, 2.45) is 52.8 Å². The third kappa shape index (κ3) is 3.28. The summed E-state index contributed by atoms with van der Waals surface area (Å²) in [7, 11) is 0. The van der Waals surface area contributed by atoms with Crippen LogP contribution in [0.1, 0.15) is 90.8 Å². The van der Waals surface area contributed by atoms with Crippen molar-refractivity contribution in [1.82, 2.24) is 20.2 Å². The fourth-order valence-corrected chi connectivity index (χ4v) is 9.11. The molecule has 29 heavy (non-hydrogen) atoms. The van der Waals surface area contributed by atoms with Gasteiger partial charge in [0.2, 0.25) is 0 Å². The van der Waals surface area contributed by atoms with Gasteiger partial charge in [-0.05, 0) is 121 Å². The fourth-order valence-electron chi connectivity index (χ4n) is 9.11. The SMILES string of the molecule is CC[C@H]1CC[C@H]2C(CC[C@@H]3C2CC[C@@]2(C)C3CC[C@@H]2[C@@H](C)Cn2nnnc2C)C1. The topological polar surface area (TPSA) is 43.6 Å². The van der Waals surface area contributed by atoms with E-state index < -0.39 is 0 Å². The van der Waals surface area contributed by atoms with Crippen LogP contribution < -0.4 is 0 Å². The number of nitrogens with zero attached hydrogens (tertiary/aromatic N) is 4. The zero-order chi connectivity index (χ0) is 20.2. The minimum Gasteiger partial charge on any atom is -0.230 e. The molecule has 1 aromatic heterocycles. The molecule has 0 saturated heterocycles. The Morgan fingerprint density at radius 3 is 2.62 bits per heavy atom. The van der Waals surface area contributed by atoms with Crippen LogP contribution in [0.15, 0.2) is 0 Å². The molecule has 4 saturated carbocycles. The molecule has 4 aliphatic rings. The number of fused-ring (bicyclic) bond motifs is 5. The van der Waals surface area contributed by atoms with Gasteiger partial charge in [-0.1, -0.05) is 33.6 Å². The summed E-state index contributed by atoms with van der Waals surface area (Å²) in [6.07, 6.45) is 15.0. The number of tetrazole rings is 1. The standard InChI is InChI=1S/C25H42N4/c1-5-18-6-8-20-19(14-18)7-9-22-21(20)12-13-25(4)23(10-11-24(22)25)16(2)15-29-17(3)26-27-28-29/h16,18-24H,5-15H2,1-4H3/t16-,18-,19?,20-,21?,22+,23+,24?,25+/m0/s1. The molecule has 1 aromatic rings. The maximum Gasteiger partial charge on any atom is 0.148 e. The van der Waals surface area contributed by atoms with E-state index in [1.807, 2.05) is 11.6 Å². The lowest BCUT2D eigenvalue weighted by Gasteiger charge is -2.57. The van der Waals surface area contributed by atoms with Crippen molar-refractivity contribution < 1.29 is 0 Å². The summed E-state index contributed by atoms with van der Waals surface area (Å²) in [5.41, 5.74) is 0.552. The molecule has 0 aliphatic heterocycles. The van der Waals surface area contributed by atoms with E-state index in [9.17, 15) is 0 Å². The van der Waals surface area contributed by atoms with Gasteiger partial charge in [0.15, 0.2) is 0 Å². The molecule has 3 unspecified atom stereocenters. The molecule has 5 rings (SSSR count). The van der Waals surface area contributed by atoms with Gasteiger partial charge < -0.3 is 0 Å². The quantitative estimate of drug-likeness (QED) is 0.633. The van der Waals surface area contributed by atoms with Gasteiger partial charge in [0.1, 0.15) is 5.82 Å². The van der Waals surface area contributed by atoms with Crippen LogP contribution in [0.4, 0.5) is 0 Å². The second-order valence-electron chi connectivity index (χ2n) is 11.6. The first-order valence-corrected chi connectivity index (χ1v) is 12.7. The summed E-state index contributed by atoms with van der Waals surface area (Å²) >= 11 is 0. The number of aromatic nitrogens is 4. The molecule has 4 fully saturated rings. The van der Waals surface area contributed by atoms with E-state index in [-0.39, 0.29) is 0 Å². The Kier molecular flexibility index (Phi) is 5.27. The van der Waals surface area contributed by atoms with E-state index in [4.69, 9.17) is 0 Å². The summed E-state index contributed by atoms with van der Waals surface area (Å²) in [6, 6.07) is 0. The van der Waals surface area contributed by atoms with Crippen LogP contribution in [0, 0.1) is 59.7 Å². The third-order valence-corrected chi connectivity index (χ3v) is 10.6. The van der Waals surface area contributed by atoms with Crippen LogP contribution in [0.2, 0.25) is 0 Å². The van der Waals surface area contributed by atoms with Crippen LogP contribution in [0.3, 0.4) is 0 Å². The molecule has 0 N–H and O–H groups in total. The highest BCUT2D eigenvalue weighted by atomic mass is 15.5. The summed E-state index contributed by atoms with van der Waals surface area (Å²) in [4.78, 5) is 0. The average Bonchev–Trinajstić information content (AvgIpc) is 3.29. The van der Waals surface area contributed by atoms with Crippen LogP contribution in [-0.2, 0) is 6.54 Å². The number of hydrogen-bond acceptors (Lipinski definition) is 3. The van der Waals surface area contributed by atoms with Gasteiger partial charge in [-0.15, -0.1) is 5.10 Å². The highest BCUT2D eigenvalue weighted by Crippen LogP contribution is 2.65. The molecule has 9 atom stereocenters. The third-order valence-electron chi connectivity index (χ3n) is 10.6. The van der Waals surface area contributed by atoms with E-state index in [1.54, 1.807) is 19.3 Å². The summed E-state index contributed by atoms with van der Waals surface area (Å²) in [5.74, 6) is 8.70. The fraction of sp³-hybridized carbons (Fsp3) is 0.960. The van der Waals surface area contributed by atoms with E-state index >= 15 is 0 Å². The predicted molar refractivity (Wildman–Crippen MR) is 116 cm³/mol. The summed E-state index contributed by atoms with van der Waals surface area (Å²) in [6.45, 7) is 10.6. The minimum absolute atomic E-state index is 0.552. The van der Waals surface area contributed by atoms with Gasteiger partial charge in [-0.2, -0.15) is 0 Å². The van der Waals surface area contributed by atoms with Gasteiger partial charge in [0, 0.05) is 6.54 Å². The molecule has 4 aliphatic carbocycles. The molecule has 0 bridgehead atoms. The maximum atomic E-state index is 4.23. The lowest BCUT2D eigenvalue weighted by Crippen LogP contribution is -2.49. The summed E-state index contributed by atoms with van der Waals surface area (Å²) < 4.78 is 2.03. The molecule has 0 radical (unpaired) electrons. The van der Waals surface area contributed by atoms with Gasteiger partial charge in [-0.3, -0.25) is 0 Å². The predicted octanol–water partition coefficient (Wildman–Crippen LogP) is 5.91. The van der Waals surface area contributed by atoms with Crippen LogP contribution in [0.25, 0.3) is 0 Å². The molecule has 162 valence electrons. The Morgan fingerprint density at radius 1 is 1.03 bits per heavy atom. The van der Waals surface area contributed by atoms with Crippen molar-refractivity contribution in [2.75, 3.05) is 0 Å². The van der Waals surface area contributed by atoms with Gasteiger partial charge in [0.25, 0.3) is 0 Å². The molecular formula is C25H42N4. The minimum atomic E-state index is 0.552. The molecular weight excluding hydrogens is 356 g/mol. The van der Waals surface area contributed by atoms with Crippen molar-refractivity contribution in [3.8, 4) is 0 Å². The Morgan fingerprint density at radius 2 is 1.86 bits per heavy atom. The van der Waals surface area contributed by atoms with Crippen molar-refractivity contribution in [3.05, 3.63) is 5.82 Å². The highest BCUT2D eigenvalue weighted by molar-refractivity contribution is 5.06. The zero-order valence-electron chi connectivity index (χ0n) is 19.2. The van der Waals surface area contributed by atoms with E-state index in [2.05, 4.69) is 36.3 Å². The lowest BCUT2D eigenvalue weighted by atomic mass is 9.48. The van der Waals surface area contributed by atoms with Crippen molar-refractivity contribution in [3.63, 3.8) is 0 Å². The average molecular weight is 399 g/mol. The van der Waals surface area contributed by atoms with Crippen molar-refractivity contribution >= 4 is 0 Å². The van der Waals surface area contributed by atoms with Gasteiger partial charge in [0.05, 0.1) is 0 Å². The lowest BCUT2D eigenvalue weighted by molar-refractivity contribution is -0.0747. The Bertz CT molecular complexity index is 713. The maximum absolute atomic E-state index is 4.23. The molecule has 1 heterocycles. The first-order chi connectivity index (χ1) is 14.0. The Hall–Kier alpha value is -0.930. The van der Waals surface area contributed by atoms with E-state index in [1.165, 1.54) is 44.9 Å². The number of hydrogen-bond donors (Lipinski definition) is 0. The molecule has 4 nitrogen and oxygen atoms in total. The monoisotopic (exact) mass is 398 g/mol. The molecule has 0 amide bonds. The van der Waals surface area contributed by atoms with E-state index in [0.29, 0.717) is 11.3 Å². The normalized spacial score (nSPS) is 45.3. The van der Waals surface area contributed by atoms with Crippen LogP contribution in [-0.4, -0.2) is 20.2 Å². The Labute approximate surface area is 177 Å². The molecule has 0 aromatic carbocycles. The molecule has 0 spiro atoms. The number of aryl methyl sites for hydroxylation is 1. The first kappa shape index (κ1) is 20.0. The second-order valence-corrected chi connectivity index (χ2v) is 11.6. The summed E-state index contributed by atoms with van der Waals surface area (Å²) in [5, 5.41) is 12.2. The van der Waals surface area contributed by atoms with Crippen molar-refractivity contribution in [2.45, 2.75) is 98.4 Å². The van der Waals surface area contributed by atoms with Gasteiger partial charge in [-0.25, -0.2) is 4.68 Å². The second kappa shape index (κ2) is 7.64. The Balaban J connectivity index is 1.30. The van der Waals surface area contributed by atoms with Crippen LogP contribution >= 0.6 is 0 Å².